The molecule has 25 heavy (non-hydrogen) atoms. The fraction of sp³-hybridized carbons (Fsp3) is 0.412. The van der Waals surface area contributed by atoms with Crippen molar-refractivity contribution < 1.29 is 27.8 Å². The molecule has 0 radical (unpaired) electrons. The number of hydrogen-bond acceptors (Lipinski definition) is 4. The van der Waals surface area contributed by atoms with Gasteiger partial charge in [0.15, 0.2) is 11.5 Å². The van der Waals surface area contributed by atoms with Gasteiger partial charge in [0.05, 0.1) is 13.0 Å². The summed E-state index contributed by atoms with van der Waals surface area (Å²) in [4.78, 5) is 25.1. The molecule has 2 rings (SSSR count). The number of hydrogen-bond donors (Lipinski definition) is 1. The molecule has 1 fully saturated rings. The number of methoxy groups -OCH3 is 1. The standard InChI is InChI=1S/C17H20F2N2O4/c1-24-13-6-2-4-11(15(13)25-17(18)19)7-8-14(22)21-9-3-5-12(10-21)16(20)23/h2,4,6-8,12,17H,3,5,9-10H2,1H3,(H2,20,23)/b8-7+. The lowest BCUT2D eigenvalue weighted by molar-refractivity contribution is -0.130. The van der Waals surface area contributed by atoms with E-state index in [0.29, 0.717) is 19.4 Å². The summed E-state index contributed by atoms with van der Waals surface area (Å²) in [5.41, 5.74) is 5.58. The molecular weight excluding hydrogens is 334 g/mol. The van der Waals surface area contributed by atoms with E-state index in [4.69, 9.17) is 10.5 Å². The maximum Gasteiger partial charge on any atom is 0.387 e. The van der Waals surface area contributed by atoms with E-state index < -0.39 is 12.5 Å². The first-order valence-electron chi connectivity index (χ1n) is 7.80. The number of amides is 2. The summed E-state index contributed by atoms with van der Waals surface area (Å²) in [5.74, 6) is -1.11. The van der Waals surface area contributed by atoms with Gasteiger partial charge in [-0.2, -0.15) is 8.78 Å². The normalized spacial score (nSPS) is 17.8. The lowest BCUT2D eigenvalue weighted by atomic mass is 9.97. The molecule has 0 spiro atoms. The first kappa shape index (κ1) is 18.7. The van der Waals surface area contributed by atoms with Crippen molar-refractivity contribution in [3.05, 3.63) is 29.8 Å². The van der Waals surface area contributed by atoms with Gasteiger partial charge >= 0.3 is 6.61 Å². The lowest BCUT2D eigenvalue weighted by Crippen LogP contribution is -2.43. The van der Waals surface area contributed by atoms with Gasteiger partial charge in [-0.1, -0.05) is 12.1 Å². The Labute approximate surface area is 144 Å². The number of piperidine rings is 1. The highest BCUT2D eigenvalue weighted by molar-refractivity contribution is 5.92. The maximum absolute atomic E-state index is 12.6. The number of carbonyl (C=O) groups is 2. The summed E-state index contributed by atoms with van der Waals surface area (Å²) in [6.45, 7) is -2.24. The highest BCUT2D eigenvalue weighted by Gasteiger charge is 2.26. The second-order valence-corrected chi connectivity index (χ2v) is 5.62. The van der Waals surface area contributed by atoms with Crippen molar-refractivity contribution in [3.63, 3.8) is 0 Å². The minimum absolute atomic E-state index is 0.140. The van der Waals surface area contributed by atoms with Gasteiger partial charge in [0.2, 0.25) is 11.8 Å². The van der Waals surface area contributed by atoms with Crippen molar-refractivity contribution >= 4 is 17.9 Å². The third-order valence-corrected chi connectivity index (χ3v) is 3.98. The number of nitrogens with zero attached hydrogens (tertiary/aromatic N) is 1. The van der Waals surface area contributed by atoms with Gasteiger partial charge in [-0.15, -0.1) is 0 Å². The number of rotatable bonds is 6. The van der Waals surface area contributed by atoms with Gasteiger partial charge < -0.3 is 20.1 Å². The molecule has 1 heterocycles. The topological polar surface area (TPSA) is 81.9 Å². The molecule has 136 valence electrons. The third kappa shape index (κ3) is 4.91. The van der Waals surface area contributed by atoms with Gasteiger partial charge in [0, 0.05) is 24.7 Å². The SMILES string of the molecule is COc1cccc(/C=C/C(=O)N2CCCC(C(N)=O)C2)c1OC(F)F. The smallest absolute Gasteiger partial charge is 0.387 e. The van der Waals surface area contributed by atoms with Crippen LogP contribution in [-0.2, 0) is 9.59 Å². The van der Waals surface area contributed by atoms with Crippen molar-refractivity contribution in [2.24, 2.45) is 11.7 Å². The van der Waals surface area contributed by atoms with Gasteiger partial charge in [0.1, 0.15) is 0 Å². The van der Waals surface area contributed by atoms with Crippen molar-refractivity contribution in [3.8, 4) is 11.5 Å². The molecule has 2 N–H and O–H groups in total. The minimum Gasteiger partial charge on any atom is -0.493 e. The van der Waals surface area contributed by atoms with Crippen molar-refractivity contribution in [2.45, 2.75) is 19.5 Å². The Balaban J connectivity index is 2.15. The molecule has 1 saturated heterocycles. The van der Waals surface area contributed by atoms with Crippen LogP contribution in [0.5, 0.6) is 11.5 Å². The molecular formula is C17H20F2N2O4. The van der Waals surface area contributed by atoms with E-state index in [0.717, 1.165) is 0 Å². The third-order valence-electron chi connectivity index (χ3n) is 3.98. The number of para-hydroxylation sites is 1. The molecule has 1 aliphatic rings. The average Bonchev–Trinajstić information content (AvgIpc) is 2.60. The number of alkyl halides is 2. The zero-order valence-corrected chi connectivity index (χ0v) is 13.8. The number of halogens is 2. The summed E-state index contributed by atoms with van der Waals surface area (Å²) >= 11 is 0. The molecule has 0 aromatic heterocycles. The monoisotopic (exact) mass is 354 g/mol. The fourth-order valence-electron chi connectivity index (χ4n) is 2.72. The van der Waals surface area contributed by atoms with E-state index >= 15 is 0 Å². The molecule has 6 nitrogen and oxygen atoms in total. The molecule has 1 atom stereocenters. The molecule has 1 unspecified atom stereocenters. The van der Waals surface area contributed by atoms with Crippen LogP contribution < -0.4 is 15.2 Å². The second kappa shape index (κ2) is 8.46. The van der Waals surface area contributed by atoms with Gasteiger partial charge in [0.25, 0.3) is 0 Å². The largest absolute Gasteiger partial charge is 0.493 e. The minimum atomic E-state index is -3.02. The van der Waals surface area contributed by atoms with E-state index in [9.17, 15) is 18.4 Å². The Morgan fingerprint density at radius 2 is 2.16 bits per heavy atom. The Hall–Kier alpha value is -2.64. The Kier molecular flexibility index (Phi) is 6.32. The van der Waals surface area contributed by atoms with E-state index in [-0.39, 0.29) is 35.4 Å². The second-order valence-electron chi connectivity index (χ2n) is 5.62. The van der Waals surface area contributed by atoms with Crippen LogP contribution in [-0.4, -0.2) is 43.5 Å². The molecule has 1 aromatic rings. The predicted molar refractivity (Wildman–Crippen MR) is 87.2 cm³/mol. The first-order chi connectivity index (χ1) is 11.9. The Bertz CT molecular complexity index is 664. The predicted octanol–water partition coefficient (Wildman–Crippen LogP) is 2.03. The van der Waals surface area contributed by atoms with Crippen molar-refractivity contribution in [1.29, 1.82) is 0 Å². The fourth-order valence-corrected chi connectivity index (χ4v) is 2.72. The lowest BCUT2D eigenvalue weighted by Gasteiger charge is -2.30. The average molecular weight is 354 g/mol. The molecule has 1 aromatic carbocycles. The Morgan fingerprint density at radius 1 is 1.40 bits per heavy atom. The van der Waals surface area contributed by atoms with Crippen LogP contribution in [0, 0.1) is 5.92 Å². The van der Waals surface area contributed by atoms with Crippen LogP contribution in [0.3, 0.4) is 0 Å². The van der Waals surface area contributed by atoms with Gasteiger partial charge in [-0.3, -0.25) is 9.59 Å². The number of primary amides is 1. The Morgan fingerprint density at radius 3 is 2.80 bits per heavy atom. The molecule has 2 amide bonds. The highest BCUT2D eigenvalue weighted by Crippen LogP contribution is 2.33. The number of benzene rings is 1. The maximum atomic E-state index is 12.6. The summed E-state index contributed by atoms with van der Waals surface area (Å²) in [6, 6.07) is 4.62. The van der Waals surface area contributed by atoms with E-state index in [1.54, 1.807) is 6.07 Å². The highest BCUT2D eigenvalue weighted by atomic mass is 19.3. The quantitative estimate of drug-likeness (QED) is 0.793. The summed E-state index contributed by atoms with van der Waals surface area (Å²) in [6.07, 6.45) is 3.99. The van der Waals surface area contributed by atoms with Crippen LogP contribution in [0.15, 0.2) is 24.3 Å². The first-order valence-corrected chi connectivity index (χ1v) is 7.80. The van der Waals surface area contributed by atoms with Gasteiger partial charge in [-0.25, -0.2) is 0 Å². The summed E-state index contributed by atoms with van der Waals surface area (Å²) in [7, 11) is 1.34. The van der Waals surface area contributed by atoms with Crippen molar-refractivity contribution in [1.82, 2.24) is 4.90 Å². The van der Waals surface area contributed by atoms with Crippen LogP contribution in [0.25, 0.3) is 6.08 Å². The number of carbonyl (C=O) groups excluding carboxylic acids is 2. The number of likely N-dealkylation sites (tertiary alicyclic amines) is 1. The molecule has 0 aliphatic carbocycles. The zero-order valence-electron chi connectivity index (χ0n) is 13.8. The van der Waals surface area contributed by atoms with Crippen LogP contribution >= 0.6 is 0 Å². The molecule has 0 saturated carbocycles. The molecule has 8 heteroatoms. The van der Waals surface area contributed by atoms with Crippen LogP contribution in [0.1, 0.15) is 18.4 Å². The summed E-state index contributed by atoms with van der Waals surface area (Å²) < 4.78 is 34.7. The van der Waals surface area contributed by atoms with E-state index in [1.807, 2.05) is 0 Å². The van der Waals surface area contributed by atoms with Crippen LogP contribution in [0.4, 0.5) is 8.78 Å². The van der Waals surface area contributed by atoms with Gasteiger partial charge in [-0.05, 0) is 25.0 Å². The van der Waals surface area contributed by atoms with Crippen molar-refractivity contribution in [2.75, 3.05) is 20.2 Å². The molecule has 0 bridgehead atoms. The molecule has 1 aliphatic heterocycles. The number of nitrogens with two attached hydrogens (primary N) is 1. The van der Waals surface area contributed by atoms with E-state index in [2.05, 4.69) is 4.74 Å². The summed E-state index contributed by atoms with van der Waals surface area (Å²) in [5, 5.41) is 0. The van der Waals surface area contributed by atoms with Crippen LogP contribution in [0.2, 0.25) is 0 Å². The number of ether oxygens (including phenoxy) is 2. The zero-order chi connectivity index (χ0) is 18.4. The van der Waals surface area contributed by atoms with E-state index in [1.165, 1.54) is 36.3 Å².